The van der Waals surface area contributed by atoms with Gasteiger partial charge in [0.2, 0.25) is 0 Å². The van der Waals surface area contributed by atoms with E-state index in [9.17, 15) is 13.6 Å². The Labute approximate surface area is 103 Å². The van der Waals surface area contributed by atoms with Crippen molar-refractivity contribution in [3.63, 3.8) is 0 Å². The third-order valence-corrected chi connectivity index (χ3v) is 2.74. The van der Waals surface area contributed by atoms with E-state index in [0.29, 0.717) is 5.75 Å². The molecule has 0 saturated carbocycles. The van der Waals surface area contributed by atoms with Gasteiger partial charge in [0.15, 0.2) is 0 Å². The van der Waals surface area contributed by atoms with Gasteiger partial charge in [-0.15, -0.1) is 6.58 Å². The molecule has 96 valence electrons. The minimum absolute atomic E-state index is 0.176. The highest BCUT2D eigenvalue weighted by Crippen LogP contribution is 2.32. The normalized spacial score (nSPS) is 17.8. The van der Waals surface area contributed by atoms with E-state index < -0.39 is 24.3 Å². The van der Waals surface area contributed by atoms with Crippen molar-refractivity contribution in [3.8, 4) is 5.75 Å². The molecule has 5 heteroatoms. The zero-order chi connectivity index (χ0) is 13.2. The van der Waals surface area contributed by atoms with Crippen LogP contribution >= 0.6 is 0 Å². The topological polar surface area (TPSA) is 38.3 Å². The lowest BCUT2D eigenvalue weighted by molar-refractivity contribution is -0.146. The zero-order valence-corrected chi connectivity index (χ0v) is 9.66. The zero-order valence-electron chi connectivity index (χ0n) is 9.66. The first-order chi connectivity index (χ1) is 8.54. The molecular weight excluding hydrogens is 240 g/mol. The number of ether oxygens (including phenoxy) is 1. The van der Waals surface area contributed by atoms with Crippen molar-refractivity contribution in [1.29, 1.82) is 0 Å². The number of carbonyl (C=O) groups is 1. The largest absolute Gasteiger partial charge is 0.491 e. The van der Waals surface area contributed by atoms with E-state index in [4.69, 9.17) is 4.74 Å². The molecule has 0 radical (unpaired) electrons. The van der Waals surface area contributed by atoms with Crippen LogP contribution in [0.4, 0.5) is 8.78 Å². The summed E-state index contributed by atoms with van der Waals surface area (Å²) in [7, 11) is 0. The Morgan fingerprint density at radius 2 is 2.28 bits per heavy atom. The van der Waals surface area contributed by atoms with Crippen LogP contribution in [0.25, 0.3) is 0 Å². The van der Waals surface area contributed by atoms with Crippen molar-refractivity contribution < 1.29 is 18.3 Å². The van der Waals surface area contributed by atoms with Gasteiger partial charge in [0.1, 0.15) is 12.4 Å². The molecule has 1 aromatic carbocycles. The average molecular weight is 253 g/mol. The van der Waals surface area contributed by atoms with Gasteiger partial charge in [-0.05, 0) is 6.07 Å². The molecule has 1 aromatic rings. The van der Waals surface area contributed by atoms with E-state index in [1.165, 1.54) is 0 Å². The fraction of sp³-hybridized carbons (Fsp3) is 0.308. The monoisotopic (exact) mass is 253 g/mol. The van der Waals surface area contributed by atoms with E-state index in [0.717, 1.165) is 11.6 Å². The van der Waals surface area contributed by atoms with Crippen molar-refractivity contribution in [2.45, 2.75) is 18.4 Å². The molecule has 1 aliphatic rings. The van der Waals surface area contributed by atoms with Gasteiger partial charge in [0.05, 0.1) is 6.04 Å². The highest BCUT2D eigenvalue weighted by Gasteiger charge is 2.39. The van der Waals surface area contributed by atoms with E-state index in [1.54, 1.807) is 24.3 Å². The molecule has 0 fully saturated rings. The fourth-order valence-corrected chi connectivity index (χ4v) is 1.82. The number of carbonyl (C=O) groups excluding carboxylic acids is 1. The van der Waals surface area contributed by atoms with Crippen molar-refractivity contribution in [2.24, 2.45) is 0 Å². The maximum Gasteiger partial charge on any atom is 0.327 e. The Hall–Kier alpha value is -1.91. The van der Waals surface area contributed by atoms with Crippen LogP contribution in [0.15, 0.2) is 36.9 Å². The number of rotatable bonds is 4. The molecule has 1 aliphatic heterocycles. The lowest BCUT2D eigenvalue weighted by Crippen LogP contribution is -2.42. The molecular formula is C13H13F2NO2. The van der Waals surface area contributed by atoms with Gasteiger partial charge < -0.3 is 10.1 Å². The highest BCUT2D eigenvalue weighted by atomic mass is 19.3. The summed E-state index contributed by atoms with van der Waals surface area (Å²) in [6.45, 7) is 3.39. The molecule has 0 spiro atoms. The SMILES string of the molecule is C=CCC(F)(F)C(=O)NC1COc2ccccc21. The Balaban J connectivity index is 2.08. The minimum atomic E-state index is -3.43. The van der Waals surface area contributed by atoms with Crippen LogP contribution in [-0.2, 0) is 4.79 Å². The molecule has 1 unspecified atom stereocenters. The molecule has 0 bridgehead atoms. The predicted molar refractivity (Wildman–Crippen MR) is 62.6 cm³/mol. The fourth-order valence-electron chi connectivity index (χ4n) is 1.82. The molecule has 2 rings (SSSR count). The van der Waals surface area contributed by atoms with Crippen LogP contribution < -0.4 is 10.1 Å². The van der Waals surface area contributed by atoms with Gasteiger partial charge in [0, 0.05) is 12.0 Å². The third-order valence-electron chi connectivity index (χ3n) is 2.74. The van der Waals surface area contributed by atoms with Crippen LogP contribution in [0.5, 0.6) is 5.75 Å². The quantitative estimate of drug-likeness (QED) is 0.837. The number of hydrogen-bond acceptors (Lipinski definition) is 2. The smallest absolute Gasteiger partial charge is 0.327 e. The number of hydrogen-bond donors (Lipinski definition) is 1. The van der Waals surface area contributed by atoms with Crippen LogP contribution in [-0.4, -0.2) is 18.4 Å². The van der Waals surface area contributed by atoms with E-state index in [-0.39, 0.29) is 6.61 Å². The molecule has 0 aliphatic carbocycles. The number of allylic oxidation sites excluding steroid dienone is 1. The first-order valence-corrected chi connectivity index (χ1v) is 5.56. The van der Waals surface area contributed by atoms with Crippen LogP contribution in [0, 0.1) is 0 Å². The number of fused-ring (bicyclic) bond motifs is 1. The lowest BCUT2D eigenvalue weighted by atomic mass is 10.1. The van der Waals surface area contributed by atoms with Gasteiger partial charge in [-0.3, -0.25) is 4.79 Å². The summed E-state index contributed by atoms with van der Waals surface area (Å²) < 4.78 is 32.0. The Bertz CT molecular complexity index is 474. The first kappa shape index (κ1) is 12.5. The molecule has 1 heterocycles. The van der Waals surface area contributed by atoms with Crippen LogP contribution in [0.3, 0.4) is 0 Å². The molecule has 1 N–H and O–H groups in total. The molecule has 0 aromatic heterocycles. The van der Waals surface area contributed by atoms with Gasteiger partial charge in [-0.1, -0.05) is 24.3 Å². The van der Waals surface area contributed by atoms with Crippen molar-refractivity contribution in [1.82, 2.24) is 5.32 Å². The molecule has 1 amide bonds. The summed E-state index contributed by atoms with van der Waals surface area (Å²) in [4.78, 5) is 11.5. The van der Waals surface area contributed by atoms with E-state index >= 15 is 0 Å². The highest BCUT2D eigenvalue weighted by molar-refractivity contribution is 5.84. The Kier molecular flexibility index (Phi) is 3.32. The molecule has 0 saturated heterocycles. The first-order valence-electron chi connectivity index (χ1n) is 5.56. The lowest BCUT2D eigenvalue weighted by Gasteiger charge is -2.17. The van der Waals surface area contributed by atoms with Gasteiger partial charge in [0.25, 0.3) is 5.91 Å². The second kappa shape index (κ2) is 4.76. The Morgan fingerprint density at radius 1 is 1.56 bits per heavy atom. The van der Waals surface area contributed by atoms with Crippen LogP contribution in [0.1, 0.15) is 18.0 Å². The second-order valence-corrected chi connectivity index (χ2v) is 4.07. The van der Waals surface area contributed by atoms with Gasteiger partial charge in [-0.2, -0.15) is 8.78 Å². The van der Waals surface area contributed by atoms with Crippen molar-refractivity contribution >= 4 is 5.91 Å². The summed E-state index contributed by atoms with van der Waals surface area (Å²) in [6.07, 6.45) is 0.354. The van der Waals surface area contributed by atoms with Crippen LogP contribution in [0.2, 0.25) is 0 Å². The maximum absolute atomic E-state index is 13.3. The van der Waals surface area contributed by atoms with Crippen molar-refractivity contribution in [2.75, 3.05) is 6.61 Å². The number of amides is 1. The number of halogens is 2. The predicted octanol–water partition coefficient (Wildman–Crippen LogP) is 2.45. The maximum atomic E-state index is 13.3. The average Bonchev–Trinajstić information content (AvgIpc) is 2.73. The van der Waals surface area contributed by atoms with Gasteiger partial charge >= 0.3 is 5.92 Å². The second-order valence-electron chi connectivity index (χ2n) is 4.07. The molecule has 3 nitrogen and oxygen atoms in total. The third kappa shape index (κ3) is 2.34. The summed E-state index contributed by atoms with van der Waals surface area (Å²) >= 11 is 0. The van der Waals surface area contributed by atoms with Gasteiger partial charge in [-0.25, -0.2) is 0 Å². The molecule has 1 atom stereocenters. The summed E-state index contributed by atoms with van der Waals surface area (Å²) in [5.74, 6) is -4.11. The molecule has 18 heavy (non-hydrogen) atoms. The summed E-state index contributed by atoms with van der Waals surface area (Å²) in [6, 6.07) is 6.52. The Morgan fingerprint density at radius 3 is 3.00 bits per heavy atom. The van der Waals surface area contributed by atoms with E-state index in [2.05, 4.69) is 11.9 Å². The number of para-hydroxylation sites is 1. The standard InChI is InChI=1S/C13H13F2NO2/c1-2-7-13(14,15)12(17)16-10-8-18-11-6-4-3-5-9(10)11/h2-6,10H,1,7-8H2,(H,16,17). The minimum Gasteiger partial charge on any atom is -0.491 e. The van der Waals surface area contributed by atoms with Crippen molar-refractivity contribution in [3.05, 3.63) is 42.5 Å². The summed E-state index contributed by atoms with van der Waals surface area (Å²) in [5.41, 5.74) is 0.722. The summed E-state index contributed by atoms with van der Waals surface area (Å²) in [5, 5.41) is 2.30. The number of benzene rings is 1. The number of nitrogens with one attached hydrogen (secondary N) is 1. The number of alkyl halides is 2. The van der Waals surface area contributed by atoms with E-state index in [1.807, 2.05) is 0 Å².